The number of methoxy groups -OCH3 is 6. The third kappa shape index (κ3) is 16.9. The van der Waals surface area contributed by atoms with Crippen LogP contribution in [0.4, 0.5) is 37.5 Å². The number of hydrogen-bond acceptors (Lipinski definition) is 20. The highest BCUT2D eigenvalue weighted by Gasteiger charge is 2.41. The lowest BCUT2D eigenvalue weighted by Crippen LogP contribution is -2.53. The van der Waals surface area contributed by atoms with E-state index in [1.54, 1.807) is 118 Å². The second kappa shape index (κ2) is 31.1. The number of amides is 3. The van der Waals surface area contributed by atoms with Crippen LogP contribution in [0.3, 0.4) is 0 Å². The Morgan fingerprint density at radius 3 is 1.82 bits per heavy atom. The highest BCUT2D eigenvalue weighted by Crippen LogP contribution is 2.38. The van der Waals surface area contributed by atoms with Crippen molar-refractivity contribution in [2.75, 3.05) is 57.8 Å². The van der Waals surface area contributed by atoms with Crippen molar-refractivity contribution in [2.24, 2.45) is 21.7 Å². The van der Waals surface area contributed by atoms with Gasteiger partial charge in [0.1, 0.15) is 34.8 Å². The van der Waals surface area contributed by atoms with E-state index < -0.39 is 40.6 Å². The fourth-order valence-corrected chi connectivity index (χ4v) is 11.1. The topological polar surface area (TPSA) is 311 Å². The number of halogens is 2. The molecule has 6 N–H and O–H groups in total. The number of piperidine rings is 2. The summed E-state index contributed by atoms with van der Waals surface area (Å²) >= 11 is 0. The minimum Gasteiger partial charge on any atom is -0.497 e. The Kier molecular flexibility index (Phi) is 23.1. The highest BCUT2D eigenvalue weighted by atomic mass is 19.1. The molecule has 0 radical (unpaired) electrons. The van der Waals surface area contributed by atoms with Gasteiger partial charge < -0.3 is 53.8 Å². The monoisotopic (exact) mass is 1310 g/mol. The van der Waals surface area contributed by atoms with E-state index in [1.165, 1.54) is 36.9 Å². The average molecular weight is 1310 g/mol. The molecule has 504 valence electrons. The van der Waals surface area contributed by atoms with Crippen molar-refractivity contribution in [1.29, 1.82) is 0 Å². The minimum atomic E-state index is -0.965. The standard InChI is InChI=1S/C33H39FN8O5.C18H16FN3O3.C15H25N5O3/c1-7-20-9-11-23(31(43)41(20)21-16-36-40(17-21)18-33(2,3)44)29-38-30-24-13-25(34)28(47-6)14-26(24)37-32(42(30)39-29)35-15-19-8-10-22(45-4)12-27(19)46-5;1-20-15-8-14(19)18(25-4)9-16(15)22-11-21-10-12-5-6-13(23-2)7-17(12)24-3;1-4-10-5-6-12(13(21)18-16)14(22)20(10)11-7-17-19(8-11)9-15(2,3)23/h8,10,12-14,16-17,20,23,44H,7,9,11,15,18H2,1-6H3,(H,35,37);5-9H,10H2,2-4H3;7-8,10,12,23H,4-6,9,16H2,1-3H3,(H,18,21). The average Bonchev–Trinajstić information content (AvgIpc) is 1.64. The quantitative estimate of drug-likeness (QED) is 0.0105. The van der Waals surface area contributed by atoms with E-state index in [9.17, 15) is 33.4 Å². The number of aliphatic imine (C=N–C) groups is 2. The number of nitrogens with zero attached hydrogens (tertiary/aromatic N) is 13. The van der Waals surface area contributed by atoms with Gasteiger partial charge in [-0.05, 0) is 109 Å². The molecule has 4 aromatic heterocycles. The number of aromatic nitrogens is 8. The number of carbonyl (C=O) groups is 3. The van der Waals surface area contributed by atoms with E-state index in [1.807, 2.05) is 32.0 Å². The Hall–Kier alpha value is -10.3. The molecule has 2 aliphatic rings. The Morgan fingerprint density at radius 1 is 0.726 bits per heavy atom. The summed E-state index contributed by atoms with van der Waals surface area (Å²) in [5.74, 6) is 5.03. The Bertz CT molecular complexity index is 4150. The molecule has 6 heterocycles. The third-order valence-electron chi connectivity index (χ3n) is 15.8. The van der Waals surface area contributed by atoms with E-state index >= 15 is 0 Å². The molecule has 4 aromatic carbocycles. The summed E-state index contributed by atoms with van der Waals surface area (Å²) in [6.45, 7) is 19.1. The molecule has 0 aliphatic carbocycles. The molecule has 0 spiro atoms. The van der Waals surface area contributed by atoms with Crippen LogP contribution in [0.25, 0.3) is 21.4 Å². The summed E-state index contributed by atoms with van der Waals surface area (Å²) in [6, 6.07) is 18.7. The summed E-state index contributed by atoms with van der Waals surface area (Å²) in [5.41, 5.74) is 4.25. The lowest BCUT2D eigenvalue weighted by molar-refractivity contribution is -0.135. The molecule has 4 unspecified atom stereocenters. The van der Waals surface area contributed by atoms with Gasteiger partial charge in [0.05, 0.1) is 121 Å². The number of fused-ring (bicyclic) bond motifs is 3. The van der Waals surface area contributed by atoms with Crippen molar-refractivity contribution in [2.45, 2.75) is 135 Å². The molecule has 2 fully saturated rings. The first-order chi connectivity index (χ1) is 45.4. The summed E-state index contributed by atoms with van der Waals surface area (Å²) < 4.78 is 64.8. The van der Waals surface area contributed by atoms with Gasteiger partial charge in [0.2, 0.25) is 29.4 Å². The number of carbonyl (C=O) groups excluding carboxylic acids is 3. The Labute approximate surface area is 548 Å². The number of ether oxygens (including phenoxy) is 6. The fraction of sp³-hybridized carbons (Fsp3) is 0.424. The molecule has 8 aromatic rings. The minimum absolute atomic E-state index is 0.00442. The number of anilines is 3. The molecule has 29 heteroatoms. The predicted molar refractivity (Wildman–Crippen MR) is 351 cm³/mol. The zero-order valence-corrected chi connectivity index (χ0v) is 55.2. The molecule has 0 saturated carbocycles. The number of nitrogens with two attached hydrogens (primary N) is 1. The van der Waals surface area contributed by atoms with Crippen molar-refractivity contribution < 1.29 is 61.8 Å². The highest BCUT2D eigenvalue weighted by molar-refractivity contribution is 6.08. The molecule has 2 aliphatic heterocycles. The Balaban J connectivity index is 0.000000203. The van der Waals surface area contributed by atoms with Gasteiger partial charge in [-0.25, -0.2) is 34.4 Å². The van der Waals surface area contributed by atoms with Crippen LogP contribution in [-0.2, 0) is 40.6 Å². The molecule has 27 nitrogen and oxygen atoms in total. The van der Waals surface area contributed by atoms with Gasteiger partial charge in [-0.3, -0.25) is 29.2 Å². The molecule has 95 heavy (non-hydrogen) atoms. The first-order valence-electron chi connectivity index (χ1n) is 30.6. The van der Waals surface area contributed by atoms with E-state index in [-0.39, 0.29) is 59.9 Å². The maximum atomic E-state index is 15.0. The SMILES string of the molecule is CCC1CCC(C(=O)NN)C(=O)N1c1cnn(CC(C)(C)O)c1.CCC1CCC(c2nc3c4cc(F)c(OC)cc4nc(NCc4ccc(OC)cc4OC)n3n2)C(=O)N1c1cnn(CC(C)(C)O)c1.[C-]#[N+]c1cc(F)c(OC)cc1N=C=NCc1ccc(OC)cc1OC. The Morgan fingerprint density at radius 2 is 1.27 bits per heavy atom. The van der Waals surface area contributed by atoms with Gasteiger partial charge >= 0.3 is 0 Å². The molecular weight excluding hydrogens is 1230 g/mol. The summed E-state index contributed by atoms with van der Waals surface area (Å²) in [5, 5.41) is 37.3. The first-order valence-corrected chi connectivity index (χ1v) is 30.6. The second-order valence-corrected chi connectivity index (χ2v) is 23.7. The summed E-state index contributed by atoms with van der Waals surface area (Å²) in [4.78, 5) is 63.0. The molecule has 10 rings (SSSR count). The fourth-order valence-electron chi connectivity index (χ4n) is 11.1. The number of rotatable bonds is 22. The first kappa shape index (κ1) is 70.6. The van der Waals surface area contributed by atoms with Gasteiger partial charge in [0.25, 0.3) is 0 Å². The smallest absolute Gasteiger partial charge is 0.246 e. The van der Waals surface area contributed by atoms with Crippen molar-refractivity contribution in [3.05, 3.63) is 125 Å². The third-order valence-corrected chi connectivity index (χ3v) is 15.8. The number of aliphatic hydroxyl groups is 2. The zero-order valence-electron chi connectivity index (χ0n) is 55.2. The summed E-state index contributed by atoms with van der Waals surface area (Å²) in [6.07, 6.45) is 10.8. The van der Waals surface area contributed by atoms with Crippen molar-refractivity contribution >= 4 is 69.0 Å². The van der Waals surface area contributed by atoms with Gasteiger partial charge in [-0.1, -0.05) is 13.8 Å². The van der Waals surface area contributed by atoms with Gasteiger partial charge in [-0.15, -0.1) is 5.10 Å². The predicted octanol–water partition coefficient (Wildman–Crippen LogP) is 9.28. The van der Waals surface area contributed by atoms with Crippen LogP contribution in [0, 0.1) is 24.1 Å². The van der Waals surface area contributed by atoms with Crippen molar-refractivity contribution in [1.82, 2.24) is 44.6 Å². The number of hydrogen-bond donors (Lipinski definition) is 5. The zero-order chi connectivity index (χ0) is 68.9. The summed E-state index contributed by atoms with van der Waals surface area (Å²) in [7, 11) is 9.04. The van der Waals surface area contributed by atoms with Crippen molar-refractivity contribution in [3.63, 3.8) is 0 Å². The van der Waals surface area contributed by atoms with Crippen LogP contribution in [-0.4, -0.2) is 139 Å². The van der Waals surface area contributed by atoms with Crippen LogP contribution in [0.5, 0.6) is 34.5 Å². The normalized spacial score (nSPS) is 16.3. The molecule has 3 amide bonds. The van der Waals surface area contributed by atoms with Crippen LogP contribution >= 0.6 is 0 Å². The van der Waals surface area contributed by atoms with Crippen LogP contribution < -0.4 is 54.8 Å². The second-order valence-electron chi connectivity index (χ2n) is 23.7. The maximum Gasteiger partial charge on any atom is 0.246 e. The number of nitrogens with one attached hydrogen (secondary N) is 2. The van der Waals surface area contributed by atoms with Crippen LogP contribution in [0.15, 0.2) is 95.4 Å². The molecule has 2 saturated heterocycles. The molecule has 4 atom stereocenters. The lowest BCUT2D eigenvalue weighted by Gasteiger charge is -2.37. The van der Waals surface area contributed by atoms with Gasteiger partial charge in [0, 0.05) is 65.7 Å². The van der Waals surface area contributed by atoms with E-state index in [0.717, 1.165) is 42.9 Å². The van der Waals surface area contributed by atoms with Crippen LogP contribution in [0.1, 0.15) is 103 Å². The van der Waals surface area contributed by atoms with Crippen LogP contribution in [0.2, 0.25) is 0 Å². The molecular formula is C66H80F2N16O11. The largest absolute Gasteiger partial charge is 0.497 e. The maximum absolute atomic E-state index is 15.0. The van der Waals surface area contributed by atoms with E-state index in [2.05, 4.69) is 41.8 Å². The van der Waals surface area contributed by atoms with Gasteiger partial charge in [0.15, 0.2) is 34.6 Å². The van der Waals surface area contributed by atoms with E-state index in [4.69, 9.17) is 55.9 Å². The van der Waals surface area contributed by atoms with Crippen molar-refractivity contribution in [3.8, 4) is 34.5 Å². The molecule has 0 bridgehead atoms. The lowest BCUT2D eigenvalue weighted by atomic mass is 9.90. The number of hydrazine groups is 1. The number of benzene rings is 4. The van der Waals surface area contributed by atoms with Gasteiger partial charge in [-0.2, -0.15) is 19.7 Å². The van der Waals surface area contributed by atoms with E-state index in [0.29, 0.717) is 88.6 Å².